The maximum absolute atomic E-state index is 10.1. The van der Waals surface area contributed by atoms with Crippen molar-refractivity contribution in [2.24, 2.45) is 0 Å². The summed E-state index contributed by atoms with van der Waals surface area (Å²) in [4.78, 5) is 3.97. The first-order valence-electron chi connectivity index (χ1n) is 6.46. The molecule has 2 N–H and O–H groups in total. The molecule has 7 heteroatoms. The molecular weight excluding hydrogens is 252 g/mol. The number of ether oxygens (including phenoxy) is 3. The Labute approximate surface area is 110 Å². The van der Waals surface area contributed by atoms with E-state index in [0.717, 1.165) is 0 Å². The van der Waals surface area contributed by atoms with Gasteiger partial charge in [0.1, 0.15) is 24.4 Å². The quantitative estimate of drug-likeness (QED) is 0.727. The molecule has 3 saturated heterocycles. The van der Waals surface area contributed by atoms with Crippen LogP contribution in [0.15, 0.2) is 18.7 Å². The smallest absolute Gasteiger partial charge is 0.186 e. The molecule has 4 heterocycles. The summed E-state index contributed by atoms with van der Waals surface area (Å²) >= 11 is 0. The van der Waals surface area contributed by atoms with Gasteiger partial charge in [0.05, 0.1) is 19.5 Å². The van der Waals surface area contributed by atoms with E-state index in [1.165, 1.54) is 0 Å². The fraction of sp³-hybridized carbons (Fsp3) is 0.750. The standard InChI is InChI=1S/C12H18N2O5/c15-9-10(16)12-18-5-1-4-17-11(9)8(19-12)6-14-3-2-13-7-14/h2-3,7-12,15-16H,1,4-6H2. The fourth-order valence-electron chi connectivity index (χ4n) is 2.48. The lowest BCUT2D eigenvalue weighted by molar-refractivity contribution is -0.296. The molecule has 2 bridgehead atoms. The van der Waals surface area contributed by atoms with E-state index in [1.807, 2.05) is 10.8 Å². The van der Waals surface area contributed by atoms with Crippen molar-refractivity contribution in [2.45, 2.75) is 43.7 Å². The third kappa shape index (κ3) is 2.65. The van der Waals surface area contributed by atoms with Crippen molar-refractivity contribution in [3.63, 3.8) is 0 Å². The van der Waals surface area contributed by atoms with Crippen LogP contribution in [0.4, 0.5) is 0 Å². The molecule has 0 spiro atoms. The summed E-state index contributed by atoms with van der Waals surface area (Å²) in [5, 5.41) is 20.1. The largest absolute Gasteiger partial charge is 0.387 e. The average Bonchev–Trinajstić information content (AvgIpc) is 2.93. The Morgan fingerprint density at radius 2 is 2.05 bits per heavy atom. The summed E-state index contributed by atoms with van der Waals surface area (Å²) in [6.07, 6.45) is 2.05. The molecule has 1 aromatic rings. The van der Waals surface area contributed by atoms with Gasteiger partial charge in [-0.15, -0.1) is 0 Å². The van der Waals surface area contributed by atoms with E-state index < -0.39 is 24.6 Å². The number of aliphatic hydroxyl groups excluding tert-OH is 2. The molecule has 106 valence electrons. The van der Waals surface area contributed by atoms with Crippen molar-refractivity contribution >= 4 is 0 Å². The van der Waals surface area contributed by atoms with Gasteiger partial charge in [0.2, 0.25) is 0 Å². The number of imidazole rings is 1. The molecule has 0 radical (unpaired) electrons. The lowest BCUT2D eigenvalue weighted by Gasteiger charge is -2.41. The Kier molecular flexibility index (Phi) is 3.81. The van der Waals surface area contributed by atoms with Crippen LogP contribution < -0.4 is 0 Å². The van der Waals surface area contributed by atoms with Crippen LogP contribution in [-0.4, -0.2) is 63.7 Å². The molecule has 5 atom stereocenters. The number of aliphatic hydroxyl groups is 2. The van der Waals surface area contributed by atoms with Crippen molar-refractivity contribution < 1.29 is 24.4 Å². The maximum Gasteiger partial charge on any atom is 0.186 e. The van der Waals surface area contributed by atoms with E-state index in [-0.39, 0.29) is 6.10 Å². The van der Waals surface area contributed by atoms with E-state index in [9.17, 15) is 10.2 Å². The zero-order valence-electron chi connectivity index (χ0n) is 10.5. The van der Waals surface area contributed by atoms with Gasteiger partial charge in [0.15, 0.2) is 6.29 Å². The SMILES string of the molecule is OC1C2OCCCOC(C(Cn3ccnc3)O2)C1O. The molecule has 0 amide bonds. The topological polar surface area (TPSA) is 86.0 Å². The minimum absolute atomic E-state index is 0.379. The zero-order chi connectivity index (χ0) is 13.2. The molecule has 3 aliphatic rings. The second-order valence-corrected chi connectivity index (χ2v) is 4.84. The van der Waals surface area contributed by atoms with E-state index in [1.54, 1.807) is 12.5 Å². The molecule has 1 aromatic heterocycles. The Bertz CT molecular complexity index is 397. The first kappa shape index (κ1) is 13.0. The molecule has 0 saturated carbocycles. The summed E-state index contributed by atoms with van der Waals surface area (Å²) in [6, 6.07) is 0. The molecule has 3 aliphatic heterocycles. The minimum Gasteiger partial charge on any atom is -0.387 e. The third-order valence-corrected chi connectivity index (χ3v) is 3.47. The molecule has 4 rings (SSSR count). The van der Waals surface area contributed by atoms with Crippen LogP contribution in [0.2, 0.25) is 0 Å². The summed E-state index contributed by atoms with van der Waals surface area (Å²) in [5.74, 6) is 0. The molecular formula is C12H18N2O5. The summed E-state index contributed by atoms with van der Waals surface area (Å²) in [7, 11) is 0. The number of hydrogen-bond acceptors (Lipinski definition) is 6. The van der Waals surface area contributed by atoms with Gasteiger partial charge in [-0.1, -0.05) is 0 Å². The van der Waals surface area contributed by atoms with Gasteiger partial charge >= 0.3 is 0 Å². The van der Waals surface area contributed by atoms with E-state index in [2.05, 4.69) is 4.98 Å². The Hall–Kier alpha value is -0.990. The molecule has 19 heavy (non-hydrogen) atoms. The van der Waals surface area contributed by atoms with Crippen LogP contribution >= 0.6 is 0 Å². The predicted molar refractivity (Wildman–Crippen MR) is 63.2 cm³/mol. The molecule has 7 nitrogen and oxygen atoms in total. The lowest BCUT2D eigenvalue weighted by Crippen LogP contribution is -2.59. The maximum atomic E-state index is 10.1. The second kappa shape index (κ2) is 5.56. The molecule has 5 unspecified atom stereocenters. The first-order chi connectivity index (χ1) is 9.25. The zero-order valence-corrected chi connectivity index (χ0v) is 10.5. The highest BCUT2D eigenvalue weighted by Gasteiger charge is 2.46. The van der Waals surface area contributed by atoms with Crippen LogP contribution in [0, 0.1) is 0 Å². The van der Waals surface area contributed by atoms with Crippen LogP contribution in [-0.2, 0) is 20.8 Å². The van der Waals surface area contributed by atoms with Crippen LogP contribution in [0.5, 0.6) is 0 Å². The highest BCUT2D eigenvalue weighted by molar-refractivity contribution is 4.92. The monoisotopic (exact) mass is 270 g/mol. The lowest BCUT2D eigenvalue weighted by atomic mass is 9.98. The van der Waals surface area contributed by atoms with E-state index >= 15 is 0 Å². The first-order valence-corrected chi connectivity index (χ1v) is 6.46. The van der Waals surface area contributed by atoms with Gasteiger partial charge in [-0.2, -0.15) is 0 Å². The van der Waals surface area contributed by atoms with E-state index in [0.29, 0.717) is 26.2 Å². The van der Waals surface area contributed by atoms with Crippen molar-refractivity contribution in [2.75, 3.05) is 13.2 Å². The number of hydrogen-bond donors (Lipinski definition) is 2. The predicted octanol–water partition coefficient (Wildman–Crippen LogP) is -0.865. The molecule has 3 fully saturated rings. The highest BCUT2D eigenvalue weighted by atomic mass is 16.7. The van der Waals surface area contributed by atoms with Crippen LogP contribution in [0.1, 0.15) is 6.42 Å². The van der Waals surface area contributed by atoms with Crippen molar-refractivity contribution in [1.82, 2.24) is 9.55 Å². The van der Waals surface area contributed by atoms with Crippen LogP contribution in [0.3, 0.4) is 0 Å². The van der Waals surface area contributed by atoms with Gasteiger partial charge in [-0.05, 0) is 6.42 Å². The normalized spacial score (nSPS) is 39.6. The molecule has 0 aliphatic carbocycles. The number of rotatable bonds is 2. The molecule has 0 aromatic carbocycles. The number of fused-ring (bicyclic) bond motifs is 6. The Balaban J connectivity index is 1.79. The number of nitrogens with zero attached hydrogens (tertiary/aromatic N) is 2. The summed E-state index contributed by atoms with van der Waals surface area (Å²) in [5.41, 5.74) is 0. The number of aromatic nitrogens is 2. The second-order valence-electron chi connectivity index (χ2n) is 4.84. The average molecular weight is 270 g/mol. The Morgan fingerprint density at radius 1 is 1.21 bits per heavy atom. The summed E-state index contributed by atoms with van der Waals surface area (Å²) in [6.45, 7) is 1.41. The van der Waals surface area contributed by atoms with Crippen molar-refractivity contribution in [3.05, 3.63) is 18.7 Å². The van der Waals surface area contributed by atoms with Gasteiger partial charge in [-0.25, -0.2) is 4.98 Å². The summed E-state index contributed by atoms with van der Waals surface area (Å²) < 4.78 is 18.7. The van der Waals surface area contributed by atoms with Gasteiger partial charge in [0, 0.05) is 19.0 Å². The van der Waals surface area contributed by atoms with Gasteiger partial charge in [-0.3, -0.25) is 0 Å². The van der Waals surface area contributed by atoms with Crippen molar-refractivity contribution in [1.29, 1.82) is 0 Å². The van der Waals surface area contributed by atoms with Gasteiger partial charge in [0.25, 0.3) is 0 Å². The third-order valence-electron chi connectivity index (χ3n) is 3.47. The van der Waals surface area contributed by atoms with E-state index in [4.69, 9.17) is 14.2 Å². The van der Waals surface area contributed by atoms with Crippen LogP contribution in [0.25, 0.3) is 0 Å². The van der Waals surface area contributed by atoms with Crippen molar-refractivity contribution in [3.8, 4) is 0 Å². The van der Waals surface area contributed by atoms with Gasteiger partial charge < -0.3 is 29.0 Å². The minimum atomic E-state index is -1.08. The fourth-order valence-corrected chi connectivity index (χ4v) is 2.48. The Morgan fingerprint density at radius 3 is 2.84 bits per heavy atom. The highest BCUT2D eigenvalue weighted by Crippen LogP contribution is 2.27.